The van der Waals surface area contributed by atoms with Gasteiger partial charge in [0, 0.05) is 32.5 Å². The van der Waals surface area contributed by atoms with Crippen molar-refractivity contribution in [1.82, 2.24) is 20.8 Å². The van der Waals surface area contributed by atoms with E-state index in [2.05, 4.69) is 46.5 Å². The molecule has 0 fully saturated rings. The maximum Gasteiger partial charge on any atom is 0.228 e. The molecular formula is C15H30IN5O. The third-order valence-corrected chi connectivity index (χ3v) is 3.18. The second-order valence-corrected chi connectivity index (χ2v) is 5.44. The summed E-state index contributed by atoms with van der Waals surface area (Å²) in [6.07, 6.45) is 5.70. The highest BCUT2D eigenvalue weighted by Crippen LogP contribution is 2.09. The fourth-order valence-electron chi connectivity index (χ4n) is 1.87. The van der Waals surface area contributed by atoms with Crippen LogP contribution in [0.1, 0.15) is 64.1 Å². The van der Waals surface area contributed by atoms with Crippen LogP contribution in [-0.4, -0.2) is 36.2 Å². The van der Waals surface area contributed by atoms with E-state index in [-0.39, 0.29) is 24.0 Å². The lowest BCUT2D eigenvalue weighted by atomic mass is 10.2. The third kappa shape index (κ3) is 8.55. The van der Waals surface area contributed by atoms with Crippen LogP contribution in [0, 0.1) is 0 Å². The lowest BCUT2D eigenvalue weighted by molar-refractivity contribution is 0.371. The highest BCUT2D eigenvalue weighted by molar-refractivity contribution is 14.0. The Bertz CT molecular complexity index is 420. The fraction of sp³-hybridized carbons (Fsp3) is 0.800. The largest absolute Gasteiger partial charge is 0.356 e. The zero-order chi connectivity index (χ0) is 15.5. The summed E-state index contributed by atoms with van der Waals surface area (Å²) in [7, 11) is 1.78. The number of aliphatic imine (C=N–C) groups is 1. The highest BCUT2D eigenvalue weighted by Gasteiger charge is 2.09. The van der Waals surface area contributed by atoms with E-state index in [4.69, 9.17) is 4.52 Å². The van der Waals surface area contributed by atoms with Gasteiger partial charge < -0.3 is 15.2 Å². The Labute approximate surface area is 150 Å². The lowest BCUT2D eigenvalue weighted by Crippen LogP contribution is -2.38. The highest BCUT2D eigenvalue weighted by atomic mass is 127. The minimum atomic E-state index is 0. The average molecular weight is 423 g/mol. The normalized spacial score (nSPS) is 11.4. The molecule has 0 aliphatic carbocycles. The third-order valence-electron chi connectivity index (χ3n) is 3.18. The summed E-state index contributed by atoms with van der Waals surface area (Å²) in [5.74, 6) is 2.57. The summed E-state index contributed by atoms with van der Waals surface area (Å²) >= 11 is 0. The van der Waals surface area contributed by atoms with Crippen LogP contribution in [0.2, 0.25) is 0 Å². The van der Waals surface area contributed by atoms with Gasteiger partial charge in [0.25, 0.3) is 0 Å². The van der Waals surface area contributed by atoms with Crippen molar-refractivity contribution < 1.29 is 4.52 Å². The van der Waals surface area contributed by atoms with Gasteiger partial charge in [-0.3, -0.25) is 4.99 Å². The molecule has 1 rings (SSSR count). The fourth-order valence-corrected chi connectivity index (χ4v) is 1.87. The molecule has 1 aromatic rings. The predicted molar refractivity (Wildman–Crippen MR) is 101 cm³/mol. The van der Waals surface area contributed by atoms with Crippen LogP contribution in [0.3, 0.4) is 0 Å². The van der Waals surface area contributed by atoms with Crippen LogP contribution in [0.15, 0.2) is 9.52 Å². The summed E-state index contributed by atoms with van der Waals surface area (Å²) in [6.45, 7) is 8.01. The van der Waals surface area contributed by atoms with E-state index in [1.165, 1.54) is 25.7 Å². The molecule has 22 heavy (non-hydrogen) atoms. The van der Waals surface area contributed by atoms with Crippen molar-refractivity contribution in [3.63, 3.8) is 0 Å². The number of rotatable bonds is 9. The van der Waals surface area contributed by atoms with E-state index < -0.39 is 0 Å². The van der Waals surface area contributed by atoms with E-state index in [0.717, 1.165) is 24.9 Å². The molecule has 0 aromatic carbocycles. The van der Waals surface area contributed by atoms with Gasteiger partial charge in [-0.25, -0.2) is 0 Å². The monoisotopic (exact) mass is 423 g/mol. The number of nitrogens with one attached hydrogen (secondary N) is 2. The number of nitrogens with zero attached hydrogens (tertiary/aromatic N) is 3. The standard InChI is InChI=1S/C15H29N5O.HI/c1-5-6-7-8-10-17-15(16-4)18-11-9-13-19-14(12(2)3)20-21-13;/h12H,5-11H2,1-4H3,(H2,16,17,18);1H. The Kier molecular flexibility index (Phi) is 12.2. The van der Waals surface area contributed by atoms with Crippen LogP contribution in [-0.2, 0) is 6.42 Å². The SMILES string of the molecule is CCCCCCNC(=NC)NCCc1nc(C(C)C)no1.I. The summed E-state index contributed by atoms with van der Waals surface area (Å²) in [6, 6.07) is 0. The first-order valence-electron chi connectivity index (χ1n) is 7.94. The molecule has 0 atom stereocenters. The molecular weight excluding hydrogens is 393 g/mol. The van der Waals surface area contributed by atoms with Gasteiger partial charge in [0.2, 0.25) is 5.89 Å². The van der Waals surface area contributed by atoms with Crippen LogP contribution in [0.4, 0.5) is 0 Å². The van der Waals surface area contributed by atoms with Gasteiger partial charge in [0.15, 0.2) is 11.8 Å². The zero-order valence-electron chi connectivity index (χ0n) is 14.2. The Morgan fingerprint density at radius 2 is 1.91 bits per heavy atom. The van der Waals surface area contributed by atoms with Crippen LogP contribution in [0.5, 0.6) is 0 Å². The molecule has 0 saturated heterocycles. The van der Waals surface area contributed by atoms with E-state index in [1.54, 1.807) is 7.05 Å². The zero-order valence-corrected chi connectivity index (χ0v) is 16.5. The van der Waals surface area contributed by atoms with Crippen LogP contribution in [0.25, 0.3) is 0 Å². The van der Waals surface area contributed by atoms with Crippen molar-refractivity contribution in [1.29, 1.82) is 0 Å². The molecule has 128 valence electrons. The second-order valence-electron chi connectivity index (χ2n) is 5.44. The maximum absolute atomic E-state index is 5.21. The predicted octanol–water partition coefficient (Wildman–Crippen LogP) is 3.10. The molecule has 7 heteroatoms. The van der Waals surface area contributed by atoms with E-state index in [1.807, 2.05) is 0 Å². The topological polar surface area (TPSA) is 75.3 Å². The Morgan fingerprint density at radius 3 is 2.50 bits per heavy atom. The molecule has 0 aliphatic heterocycles. The van der Waals surface area contributed by atoms with Crippen molar-refractivity contribution in [2.24, 2.45) is 4.99 Å². The number of hydrogen-bond donors (Lipinski definition) is 2. The first kappa shape index (κ1) is 21.1. The second kappa shape index (κ2) is 12.7. The van der Waals surface area contributed by atoms with Gasteiger partial charge in [-0.1, -0.05) is 45.2 Å². The molecule has 0 radical (unpaired) electrons. The van der Waals surface area contributed by atoms with Crippen molar-refractivity contribution >= 4 is 29.9 Å². The molecule has 0 spiro atoms. The molecule has 0 amide bonds. The number of unbranched alkanes of at least 4 members (excludes halogenated alkanes) is 3. The summed E-state index contributed by atoms with van der Waals surface area (Å²) in [5.41, 5.74) is 0. The average Bonchev–Trinajstić information content (AvgIpc) is 2.94. The van der Waals surface area contributed by atoms with Gasteiger partial charge in [0.05, 0.1) is 0 Å². The first-order chi connectivity index (χ1) is 10.2. The molecule has 0 aliphatic rings. The number of hydrogen-bond acceptors (Lipinski definition) is 4. The van der Waals surface area contributed by atoms with Crippen molar-refractivity contribution in [3.8, 4) is 0 Å². The Balaban J connectivity index is 0.00000441. The summed E-state index contributed by atoms with van der Waals surface area (Å²) in [5, 5.41) is 10.5. The number of aromatic nitrogens is 2. The van der Waals surface area contributed by atoms with Crippen molar-refractivity contribution in [3.05, 3.63) is 11.7 Å². The molecule has 1 heterocycles. The Hall–Kier alpha value is -0.860. The van der Waals surface area contributed by atoms with E-state index in [9.17, 15) is 0 Å². The van der Waals surface area contributed by atoms with Gasteiger partial charge in [-0.2, -0.15) is 4.98 Å². The molecule has 1 aromatic heterocycles. The summed E-state index contributed by atoms with van der Waals surface area (Å²) in [4.78, 5) is 8.55. The van der Waals surface area contributed by atoms with Crippen molar-refractivity contribution in [2.75, 3.05) is 20.1 Å². The number of halogens is 1. The smallest absolute Gasteiger partial charge is 0.228 e. The number of guanidine groups is 1. The minimum absolute atomic E-state index is 0. The quantitative estimate of drug-likeness (QED) is 0.276. The molecule has 0 saturated carbocycles. The van der Waals surface area contributed by atoms with Crippen LogP contribution < -0.4 is 10.6 Å². The molecule has 2 N–H and O–H groups in total. The van der Waals surface area contributed by atoms with E-state index in [0.29, 0.717) is 18.2 Å². The van der Waals surface area contributed by atoms with Crippen molar-refractivity contribution in [2.45, 2.75) is 58.8 Å². The van der Waals surface area contributed by atoms with Gasteiger partial charge >= 0.3 is 0 Å². The minimum Gasteiger partial charge on any atom is -0.356 e. The van der Waals surface area contributed by atoms with Gasteiger partial charge in [0.1, 0.15) is 0 Å². The van der Waals surface area contributed by atoms with Gasteiger partial charge in [-0.15, -0.1) is 24.0 Å². The maximum atomic E-state index is 5.21. The van der Waals surface area contributed by atoms with Gasteiger partial charge in [-0.05, 0) is 6.42 Å². The van der Waals surface area contributed by atoms with E-state index >= 15 is 0 Å². The molecule has 0 unspecified atom stereocenters. The molecule has 6 nitrogen and oxygen atoms in total. The first-order valence-corrected chi connectivity index (χ1v) is 7.94. The Morgan fingerprint density at radius 1 is 1.18 bits per heavy atom. The lowest BCUT2D eigenvalue weighted by Gasteiger charge is -2.10. The summed E-state index contributed by atoms with van der Waals surface area (Å²) < 4.78 is 5.21. The molecule has 0 bridgehead atoms. The van der Waals surface area contributed by atoms with Crippen LogP contribution >= 0.6 is 24.0 Å².